The Morgan fingerprint density at radius 3 is 2.33 bits per heavy atom. The minimum absolute atomic E-state index is 0.0531. The van der Waals surface area contributed by atoms with Crippen molar-refractivity contribution in [1.82, 2.24) is 10.5 Å². The molecule has 1 heterocycles. The Bertz CT molecular complexity index is 1490. The van der Waals surface area contributed by atoms with Crippen molar-refractivity contribution in [2.45, 2.75) is 19.9 Å². The predicted octanol–water partition coefficient (Wildman–Crippen LogP) is 6.36. The van der Waals surface area contributed by atoms with Crippen LogP contribution in [-0.2, 0) is 9.53 Å². The number of benzene rings is 3. The van der Waals surface area contributed by atoms with Gasteiger partial charge >= 0.3 is 12.0 Å². The maximum atomic E-state index is 12.7. The van der Waals surface area contributed by atoms with E-state index in [9.17, 15) is 14.4 Å². The number of para-hydroxylation sites is 1. The van der Waals surface area contributed by atoms with Crippen LogP contribution in [0, 0.1) is 5.92 Å². The molecule has 4 aromatic rings. The third kappa shape index (κ3) is 7.17. The molecular weight excluding hydrogens is 536 g/mol. The number of anilines is 2. The number of carbonyl (C=O) groups excluding carboxylic acids is 3. The van der Waals surface area contributed by atoms with Crippen LogP contribution in [0.25, 0.3) is 11.3 Å². The zero-order valence-electron chi connectivity index (χ0n) is 21.9. The van der Waals surface area contributed by atoms with Crippen molar-refractivity contribution in [2.24, 2.45) is 5.92 Å². The largest absolute Gasteiger partial charge is 0.467 e. The van der Waals surface area contributed by atoms with Crippen LogP contribution in [-0.4, -0.2) is 36.2 Å². The van der Waals surface area contributed by atoms with Gasteiger partial charge in [0.1, 0.15) is 17.5 Å². The van der Waals surface area contributed by atoms with Crippen molar-refractivity contribution in [2.75, 3.05) is 17.7 Å². The standard InChI is InChI=1S/C29H27ClN4O6/c1-17(2)26(28(36)38-3)33-27(35)25-16-23(34-40-25)18-9-12-20(13-10-18)31-29(37)32-22-14-11-19(30)15-24(22)39-21-7-5-4-6-8-21/h4-17,26H,1-3H3,(H,33,35)(H2,31,32,37). The Morgan fingerprint density at radius 2 is 1.65 bits per heavy atom. The van der Waals surface area contributed by atoms with Crippen LogP contribution in [0.2, 0.25) is 5.02 Å². The minimum atomic E-state index is -0.823. The van der Waals surface area contributed by atoms with Crippen LogP contribution >= 0.6 is 11.6 Å². The molecule has 206 valence electrons. The minimum Gasteiger partial charge on any atom is -0.467 e. The topological polar surface area (TPSA) is 132 Å². The number of nitrogens with zero attached hydrogens (tertiary/aromatic N) is 1. The third-order valence-corrected chi connectivity index (χ3v) is 5.98. The number of nitrogens with one attached hydrogen (secondary N) is 3. The molecule has 0 fully saturated rings. The number of rotatable bonds is 9. The van der Waals surface area contributed by atoms with Gasteiger partial charge in [0, 0.05) is 28.4 Å². The number of hydrogen-bond acceptors (Lipinski definition) is 7. The van der Waals surface area contributed by atoms with Crippen molar-refractivity contribution in [3.05, 3.63) is 89.6 Å². The highest BCUT2D eigenvalue weighted by Gasteiger charge is 2.27. The summed E-state index contributed by atoms with van der Waals surface area (Å²) in [6, 6.07) is 21.0. The molecule has 0 saturated heterocycles. The first kappa shape index (κ1) is 28.2. The van der Waals surface area contributed by atoms with E-state index in [1.165, 1.54) is 13.2 Å². The monoisotopic (exact) mass is 562 g/mol. The van der Waals surface area contributed by atoms with Gasteiger partial charge in [-0.25, -0.2) is 9.59 Å². The highest BCUT2D eigenvalue weighted by Crippen LogP contribution is 2.32. The number of amides is 3. The Hall–Kier alpha value is -4.83. The second-order valence-electron chi connectivity index (χ2n) is 9.01. The van der Waals surface area contributed by atoms with Gasteiger partial charge in [0.2, 0.25) is 5.76 Å². The summed E-state index contributed by atoms with van der Waals surface area (Å²) < 4.78 is 15.8. The Morgan fingerprint density at radius 1 is 0.925 bits per heavy atom. The van der Waals surface area contributed by atoms with E-state index < -0.39 is 23.9 Å². The van der Waals surface area contributed by atoms with Crippen molar-refractivity contribution in [3.63, 3.8) is 0 Å². The van der Waals surface area contributed by atoms with E-state index >= 15 is 0 Å². The maximum absolute atomic E-state index is 12.7. The van der Waals surface area contributed by atoms with Gasteiger partial charge < -0.3 is 29.9 Å². The SMILES string of the molecule is COC(=O)C(NC(=O)c1cc(-c2ccc(NC(=O)Nc3ccc(Cl)cc3Oc3ccccc3)cc2)no1)C(C)C. The molecule has 0 bridgehead atoms. The van der Waals surface area contributed by atoms with Gasteiger partial charge in [0.25, 0.3) is 5.91 Å². The first-order chi connectivity index (χ1) is 19.2. The fraction of sp³-hybridized carbons (Fsp3) is 0.172. The second kappa shape index (κ2) is 12.8. The molecule has 1 atom stereocenters. The molecule has 0 aliphatic heterocycles. The van der Waals surface area contributed by atoms with Gasteiger partial charge in [-0.05, 0) is 42.3 Å². The summed E-state index contributed by atoms with van der Waals surface area (Å²) in [6.07, 6.45) is 0. The highest BCUT2D eigenvalue weighted by molar-refractivity contribution is 6.30. The Kier molecular flexibility index (Phi) is 9.03. The normalized spacial score (nSPS) is 11.4. The second-order valence-corrected chi connectivity index (χ2v) is 9.44. The first-order valence-corrected chi connectivity index (χ1v) is 12.7. The van der Waals surface area contributed by atoms with Crippen molar-refractivity contribution >= 4 is 40.9 Å². The number of esters is 1. The number of carbonyl (C=O) groups is 3. The average molecular weight is 563 g/mol. The van der Waals surface area contributed by atoms with Crippen LogP contribution < -0.4 is 20.7 Å². The molecule has 4 rings (SSSR count). The zero-order valence-corrected chi connectivity index (χ0v) is 22.7. The number of ether oxygens (including phenoxy) is 2. The number of aromatic nitrogens is 1. The van der Waals surface area contributed by atoms with Gasteiger partial charge in [0.15, 0.2) is 5.75 Å². The van der Waals surface area contributed by atoms with Gasteiger partial charge in [0.05, 0.1) is 12.8 Å². The molecule has 11 heteroatoms. The van der Waals surface area contributed by atoms with Gasteiger partial charge in [-0.15, -0.1) is 0 Å². The van der Waals surface area contributed by atoms with E-state index in [1.807, 2.05) is 18.2 Å². The third-order valence-electron chi connectivity index (χ3n) is 5.74. The number of halogens is 1. The van der Waals surface area contributed by atoms with E-state index in [0.717, 1.165) is 0 Å². The van der Waals surface area contributed by atoms with Gasteiger partial charge in [-0.1, -0.05) is 60.9 Å². The molecule has 10 nitrogen and oxygen atoms in total. The Labute approximate surface area is 235 Å². The highest BCUT2D eigenvalue weighted by atomic mass is 35.5. The summed E-state index contributed by atoms with van der Waals surface area (Å²) in [5, 5.41) is 12.5. The van der Waals surface area contributed by atoms with Gasteiger partial charge in [-0.3, -0.25) is 4.79 Å². The first-order valence-electron chi connectivity index (χ1n) is 12.3. The zero-order chi connectivity index (χ0) is 28.6. The molecule has 3 aromatic carbocycles. The van der Waals surface area contributed by atoms with Crippen LogP contribution in [0.3, 0.4) is 0 Å². The molecule has 1 unspecified atom stereocenters. The number of methoxy groups -OCH3 is 1. The lowest BCUT2D eigenvalue weighted by Gasteiger charge is -2.18. The molecule has 0 aliphatic rings. The average Bonchev–Trinajstić information content (AvgIpc) is 3.44. The van der Waals surface area contributed by atoms with Crippen molar-refractivity contribution in [3.8, 4) is 22.8 Å². The fourth-order valence-corrected chi connectivity index (χ4v) is 3.83. The molecule has 1 aromatic heterocycles. The van der Waals surface area contributed by atoms with Crippen LogP contribution in [0.1, 0.15) is 24.4 Å². The molecule has 3 amide bonds. The molecule has 0 aliphatic carbocycles. The van der Waals surface area contributed by atoms with Crippen molar-refractivity contribution < 1.29 is 28.4 Å². The lowest BCUT2D eigenvalue weighted by molar-refractivity contribution is -0.144. The lowest BCUT2D eigenvalue weighted by atomic mass is 10.0. The van der Waals surface area contributed by atoms with E-state index in [4.69, 9.17) is 25.6 Å². The molecule has 0 spiro atoms. The molecule has 3 N–H and O–H groups in total. The van der Waals surface area contributed by atoms with E-state index in [1.54, 1.807) is 68.4 Å². The summed E-state index contributed by atoms with van der Waals surface area (Å²) in [5.41, 5.74) is 2.00. The lowest BCUT2D eigenvalue weighted by Crippen LogP contribution is -2.44. The van der Waals surface area contributed by atoms with Crippen molar-refractivity contribution in [1.29, 1.82) is 0 Å². The fourth-order valence-electron chi connectivity index (χ4n) is 3.66. The quantitative estimate of drug-likeness (QED) is 0.202. The van der Waals surface area contributed by atoms with E-state index in [-0.39, 0.29) is 11.7 Å². The summed E-state index contributed by atoms with van der Waals surface area (Å²) in [6.45, 7) is 3.58. The molecular formula is C29H27ClN4O6. The van der Waals surface area contributed by atoms with Crippen LogP contribution in [0.4, 0.5) is 16.2 Å². The number of urea groups is 1. The number of hydrogen-bond donors (Lipinski definition) is 3. The van der Waals surface area contributed by atoms with Gasteiger partial charge in [-0.2, -0.15) is 0 Å². The summed E-state index contributed by atoms with van der Waals surface area (Å²) in [4.78, 5) is 37.2. The molecule has 0 radical (unpaired) electrons. The van der Waals surface area contributed by atoms with E-state index in [2.05, 4.69) is 21.1 Å². The van der Waals surface area contributed by atoms with Crippen LogP contribution in [0.15, 0.2) is 83.4 Å². The Balaban J connectivity index is 1.39. The maximum Gasteiger partial charge on any atom is 0.328 e. The summed E-state index contributed by atoms with van der Waals surface area (Å²) in [7, 11) is 1.26. The predicted molar refractivity (Wildman–Crippen MR) is 151 cm³/mol. The van der Waals surface area contributed by atoms with E-state index in [0.29, 0.717) is 39.2 Å². The summed E-state index contributed by atoms with van der Waals surface area (Å²) >= 11 is 6.13. The molecule has 0 saturated carbocycles. The summed E-state index contributed by atoms with van der Waals surface area (Å²) in [5.74, 6) is -0.384. The molecule has 40 heavy (non-hydrogen) atoms. The van der Waals surface area contributed by atoms with Crippen LogP contribution in [0.5, 0.6) is 11.5 Å². The smallest absolute Gasteiger partial charge is 0.328 e.